The molecule has 15 heavy (non-hydrogen) atoms. The van der Waals surface area contributed by atoms with E-state index in [-0.39, 0.29) is 11.3 Å². The van der Waals surface area contributed by atoms with Crippen molar-refractivity contribution in [3.8, 4) is 0 Å². The highest BCUT2D eigenvalue weighted by molar-refractivity contribution is 5.74. The monoisotopic (exact) mass is 205 g/mol. The summed E-state index contributed by atoms with van der Waals surface area (Å²) in [5.41, 5.74) is 2.68. The first-order valence-electron chi connectivity index (χ1n) is 5.51. The zero-order valence-corrected chi connectivity index (χ0v) is 8.86. The van der Waals surface area contributed by atoms with E-state index in [4.69, 9.17) is 0 Å². The van der Waals surface area contributed by atoms with Crippen LogP contribution in [0.15, 0.2) is 12.4 Å². The van der Waals surface area contributed by atoms with E-state index in [0.717, 1.165) is 25.7 Å². The summed E-state index contributed by atoms with van der Waals surface area (Å²) in [5, 5.41) is 9.24. The molecule has 3 heteroatoms. The van der Waals surface area contributed by atoms with Gasteiger partial charge in [0.25, 0.3) is 0 Å². The van der Waals surface area contributed by atoms with Crippen LogP contribution < -0.4 is 0 Å². The predicted molar refractivity (Wildman–Crippen MR) is 55.8 cm³/mol. The van der Waals surface area contributed by atoms with Gasteiger partial charge in [0.05, 0.1) is 5.92 Å². The zero-order valence-electron chi connectivity index (χ0n) is 8.86. The molecule has 0 amide bonds. The lowest BCUT2D eigenvalue weighted by Gasteiger charge is -2.28. The SMILES string of the molecule is Cn1cc2c(c1)C1(CC1)C(C(=O)O)CC2. The lowest BCUT2D eigenvalue weighted by molar-refractivity contribution is -0.143. The molecule has 1 heterocycles. The summed E-state index contributed by atoms with van der Waals surface area (Å²) >= 11 is 0. The smallest absolute Gasteiger partial charge is 0.307 e. The lowest BCUT2D eigenvalue weighted by Crippen LogP contribution is -2.32. The van der Waals surface area contributed by atoms with Gasteiger partial charge in [-0.05, 0) is 36.8 Å². The number of nitrogens with zero attached hydrogens (tertiary/aromatic N) is 1. The van der Waals surface area contributed by atoms with Crippen molar-refractivity contribution in [3.63, 3.8) is 0 Å². The molecule has 1 N–H and O–H groups in total. The zero-order chi connectivity index (χ0) is 10.6. The molecule has 1 spiro atoms. The molecule has 1 aromatic heterocycles. The Hall–Kier alpha value is -1.25. The fourth-order valence-corrected chi connectivity index (χ4v) is 3.16. The van der Waals surface area contributed by atoms with Gasteiger partial charge in [0.15, 0.2) is 0 Å². The van der Waals surface area contributed by atoms with Crippen molar-refractivity contribution in [1.29, 1.82) is 0 Å². The van der Waals surface area contributed by atoms with Crippen molar-refractivity contribution < 1.29 is 9.90 Å². The third-order valence-corrected chi connectivity index (χ3v) is 4.03. The molecule has 1 aromatic rings. The van der Waals surface area contributed by atoms with Crippen molar-refractivity contribution in [2.45, 2.75) is 31.1 Å². The Morgan fingerprint density at radius 3 is 2.87 bits per heavy atom. The predicted octanol–water partition coefficient (Wildman–Crippen LogP) is 1.70. The minimum Gasteiger partial charge on any atom is -0.481 e. The Morgan fingerprint density at radius 1 is 1.53 bits per heavy atom. The van der Waals surface area contributed by atoms with E-state index in [1.54, 1.807) is 0 Å². The second-order valence-corrected chi connectivity index (χ2v) is 4.95. The largest absolute Gasteiger partial charge is 0.481 e. The molecule has 0 radical (unpaired) electrons. The molecular formula is C12H15NO2. The molecule has 1 saturated carbocycles. The molecule has 2 aliphatic carbocycles. The Morgan fingerprint density at radius 2 is 2.27 bits per heavy atom. The van der Waals surface area contributed by atoms with Crippen LogP contribution in [-0.2, 0) is 23.7 Å². The number of rotatable bonds is 1. The number of aryl methyl sites for hydroxylation is 2. The Labute approximate surface area is 88.7 Å². The minimum absolute atomic E-state index is 0.000671. The van der Waals surface area contributed by atoms with Gasteiger partial charge in [0, 0.05) is 24.9 Å². The van der Waals surface area contributed by atoms with Crippen LogP contribution >= 0.6 is 0 Å². The third kappa shape index (κ3) is 1.09. The van der Waals surface area contributed by atoms with Crippen LogP contribution in [-0.4, -0.2) is 15.6 Å². The molecule has 0 bridgehead atoms. The minimum atomic E-state index is -0.609. The molecule has 1 atom stereocenters. The number of aromatic nitrogens is 1. The van der Waals surface area contributed by atoms with Gasteiger partial charge in [-0.2, -0.15) is 0 Å². The molecule has 0 saturated heterocycles. The maximum absolute atomic E-state index is 11.2. The number of carbonyl (C=O) groups is 1. The van der Waals surface area contributed by atoms with Crippen LogP contribution in [0.4, 0.5) is 0 Å². The highest BCUT2D eigenvalue weighted by atomic mass is 16.4. The summed E-state index contributed by atoms with van der Waals surface area (Å²) in [7, 11) is 2.02. The van der Waals surface area contributed by atoms with Crippen LogP contribution in [0.3, 0.4) is 0 Å². The third-order valence-electron chi connectivity index (χ3n) is 4.03. The highest BCUT2D eigenvalue weighted by Crippen LogP contribution is 2.58. The van der Waals surface area contributed by atoms with E-state index in [9.17, 15) is 9.90 Å². The number of fused-ring (bicyclic) bond motifs is 2. The van der Waals surface area contributed by atoms with Crippen LogP contribution in [0.1, 0.15) is 30.4 Å². The fraction of sp³-hybridized carbons (Fsp3) is 0.583. The summed E-state index contributed by atoms with van der Waals surface area (Å²) in [4.78, 5) is 11.2. The van der Waals surface area contributed by atoms with Gasteiger partial charge in [-0.25, -0.2) is 0 Å². The van der Waals surface area contributed by atoms with Gasteiger partial charge in [-0.3, -0.25) is 4.79 Å². The Bertz CT molecular complexity index is 429. The maximum atomic E-state index is 11.2. The van der Waals surface area contributed by atoms with Crippen LogP contribution in [0, 0.1) is 5.92 Å². The van der Waals surface area contributed by atoms with Crippen molar-refractivity contribution >= 4 is 5.97 Å². The summed E-state index contributed by atoms with van der Waals surface area (Å²) in [6.45, 7) is 0. The normalized spacial score (nSPS) is 26.3. The van der Waals surface area contributed by atoms with Gasteiger partial charge in [0.1, 0.15) is 0 Å². The second-order valence-electron chi connectivity index (χ2n) is 4.95. The lowest BCUT2D eigenvalue weighted by atomic mass is 9.74. The van der Waals surface area contributed by atoms with Gasteiger partial charge >= 0.3 is 5.97 Å². The molecule has 3 rings (SSSR count). The Kier molecular flexibility index (Phi) is 1.59. The van der Waals surface area contributed by atoms with Crippen molar-refractivity contribution in [2.24, 2.45) is 13.0 Å². The summed E-state index contributed by atoms with van der Waals surface area (Å²) < 4.78 is 2.06. The summed E-state index contributed by atoms with van der Waals surface area (Å²) in [6, 6.07) is 0. The topological polar surface area (TPSA) is 42.2 Å². The van der Waals surface area contributed by atoms with Gasteiger partial charge < -0.3 is 9.67 Å². The molecular weight excluding hydrogens is 190 g/mol. The van der Waals surface area contributed by atoms with Gasteiger partial charge in [-0.15, -0.1) is 0 Å². The van der Waals surface area contributed by atoms with Gasteiger partial charge in [0.2, 0.25) is 0 Å². The molecule has 1 unspecified atom stereocenters. The van der Waals surface area contributed by atoms with Gasteiger partial charge in [-0.1, -0.05) is 0 Å². The van der Waals surface area contributed by atoms with Crippen molar-refractivity contribution in [3.05, 3.63) is 23.5 Å². The van der Waals surface area contributed by atoms with Crippen molar-refractivity contribution in [2.75, 3.05) is 0 Å². The highest BCUT2D eigenvalue weighted by Gasteiger charge is 2.56. The van der Waals surface area contributed by atoms with Crippen LogP contribution in [0.25, 0.3) is 0 Å². The number of hydrogen-bond acceptors (Lipinski definition) is 1. The first-order valence-corrected chi connectivity index (χ1v) is 5.51. The van der Waals surface area contributed by atoms with E-state index >= 15 is 0 Å². The van der Waals surface area contributed by atoms with Crippen LogP contribution in [0.5, 0.6) is 0 Å². The summed E-state index contributed by atoms with van der Waals surface area (Å²) in [5.74, 6) is -0.755. The fourth-order valence-electron chi connectivity index (χ4n) is 3.16. The number of carboxylic acids is 1. The van der Waals surface area contributed by atoms with Crippen LogP contribution in [0.2, 0.25) is 0 Å². The molecule has 0 aromatic carbocycles. The molecule has 80 valence electrons. The molecule has 1 fully saturated rings. The number of aliphatic carboxylic acids is 1. The standard InChI is InChI=1S/C12H15NO2/c1-13-6-8-2-3-9(11(14)15)12(4-5-12)10(8)7-13/h6-7,9H,2-5H2,1H3,(H,14,15). The van der Waals surface area contributed by atoms with E-state index in [0.29, 0.717) is 0 Å². The first-order chi connectivity index (χ1) is 7.13. The van der Waals surface area contributed by atoms with E-state index in [1.807, 2.05) is 7.05 Å². The average Bonchev–Trinajstić information content (AvgIpc) is 2.82. The average molecular weight is 205 g/mol. The molecule has 0 aliphatic heterocycles. The maximum Gasteiger partial charge on any atom is 0.307 e. The Balaban J connectivity index is 2.09. The van der Waals surface area contributed by atoms with E-state index in [1.165, 1.54) is 11.1 Å². The summed E-state index contributed by atoms with van der Waals surface area (Å²) in [6.07, 6.45) is 8.12. The first kappa shape index (κ1) is 9.01. The van der Waals surface area contributed by atoms with Crippen molar-refractivity contribution in [1.82, 2.24) is 4.57 Å². The second kappa shape index (κ2) is 2.65. The van der Waals surface area contributed by atoms with E-state index in [2.05, 4.69) is 17.0 Å². The number of hydrogen-bond donors (Lipinski definition) is 1. The number of carboxylic acid groups (broad SMARTS) is 1. The quantitative estimate of drug-likeness (QED) is 0.758. The molecule has 2 aliphatic rings. The van der Waals surface area contributed by atoms with E-state index < -0.39 is 5.97 Å². The molecule has 3 nitrogen and oxygen atoms in total.